The largest absolute Gasteiger partial charge is 0.348 e. The molecule has 1 aliphatic heterocycles. The van der Waals surface area contributed by atoms with E-state index in [1.165, 1.54) is 0 Å². The number of hydrogen-bond donors (Lipinski definition) is 2. The first-order valence-electron chi connectivity index (χ1n) is 8.59. The summed E-state index contributed by atoms with van der Waals surface area (Å²) in [5.74, 6) is 0.118. The van der Waals surface area contributed by atoms with Crippen LogP contribution in [-0.4, -0.2) is 43.0 Å². The van der Waals surface area contributed by atoms with E-state index in [0.29, 0.717) is 12.6 Å². The average Bonchev–Trinajstić information content (AvgIpc) is 2.55. The maximum Gasteiger partial charge on any atom is 0.234 e. The standard InChI is InChI=1S/C18H28BrN3O/c1-3-12-22(17-8-10-20-11-9-17)13-18(23)21-14(2)15-4-6-16(19)7-5-15/h4-7,14,17,20H,3,8-13H2,1-2H3,(H,21,23). The molecule has 1 fully saturated rings. The van der Waals surface area contributed by atoms with E-state index >= 15 is 0 Å². The minimum absolute atomic E-state index is 0.0344. The SMILES string of the molecule is CCCN(CC(=O)NC(C)c1ccc(Br)cc1)C1CCNCC1. The lowest BCUT2D eigenvalue weighted by Crippen LogP contribution is -2.47. The molecule has 2 rings (SSSR count). The van der Waals surface area contributed by atoms with E-state index in [-0.39, 0.29) is 11.9 Å². The van der Waals surface area contributed by atoms with Crippen LogP contribution in [0.2, 0.25) is 0 Å². The van der Waals surface area contributed by atoms with Crippen LogP contribution in [0.5, 0.6) is 0 Å². The number of rotatable bonds is 7. The Bertz CT molecular complexity index is 486. The molecule has 0 radical (unpaired) electrons. The fourth-order valence-corrected chi connectivity index (χ4v) is 3.42. The second-order valence-electron chi connectivity index (χ2n) is 6.29. The van der Waals surface area contributed by atoms with Gasteiger partial charge in [0.1, 0.15) is 0 Å². The Labute approximate surface area is 148 Å². The van der Waals surface area contributed by atoms with Gasteiger partial charge in [-0.05, 0) is 63.5 Å². The molecule has 1 atom stereocenters. The van der Waals surface area contributed by atoms with Crippen LogP contribution < -0.4 is 10.6 Å². The number of piperidine rings is 1. The highest BCUT2D eigenvalue weighted by Crippen LogP contribution is 2.17. The van der Waals surface area contributed by atoms with Gasteiger partial charge in [-0.1, -0.05) is 35.0 Å². The third-order valence-corrected chi connectivity index (χ3v) is 4.96. The van der Waals surface area contributed by atoms with Crippen molar-refractivity contribution in [3.8, 4) is 0 Å². The molecule has 23 heavy (non-hydrogen) atoms. The van der Waals surface area contributed by atoms with Crippen LogP contribution in [0.15, 0.2) is 28.7 Å². The lowest BCUT2D eigenvalue weighted by atomic mass is 10.0. The minimum atomic E-state index is 0.0344. The van der Waals surface area contributed by atoms with Gasteiger partial charge in [0.05, 0.1) is 12.6 Å². The number of carbonyl (C=O) groups is 1. The molecular formula is C18H28BrN3O. The van der Waals surface area contributed by atoms with Crippen LogP contribution in [0.25, 0.3) is 0 Å². The highest BCUT2D eigenvalue weighted by Gasteiger charge is 2.22. The van der Waals surface area contributed by atoms with Crippen molar-refractivity contribution in [1.82, 2.24) is 15.5 Å². The smallest absolute Gasteiger partial charge is 0.234 e. The van der Waals surface area contributed by atoms with Crippen molar-refractivity contribution in [2.45, 2.75) is 45.2 Å². The van der Waals surface area contributed by atoms with Crippen molar-refractivity contribution in [3.05, 3.63) is 34.3 Å². The third-order valence-electron chi connectivity index (χ3n) is 4.43. The molecule has 0 aromatic heterocycles. The van der Waals surface area contributed by atoms with Crippen molar-refractivity contribution in [2.24, 2.45) is 0 Å². The zero-order valence-corrected chi connectivity index (χ0v) is 15.7. The summed E-state index contributed by atoms with van der Waals surface area (Å²) in [4.78, 5) is 14.8. The van der Waals surface area contributed by atoms with Crippen LogP contribution in [0.3, 0.4) is 0 Å². The normalized spacial score (nSPS) is 17.2. The van der Waals surface area contributed by atoms with Crippen molar-refractivity contribution in [3.63, 3.8) is 0 Å². The third kappa shape index (κ3) is 5.90. The summed E-state index contributed by atoms with van der Waals surface area (Å²) in [7, 11) is 0. The molecule has 0 bridgehead atoms. The second kappa shape index (κ2) is 9.40. The molecule has 1 aromatic rings. The van der Waals surface area contributed by atoms with Crippen LogP contribution in [-0.2, 0) is 4.79 Å². The highest BCUT2D eigenvalue weighted by atomic mass is 79.9. The maximum absolute atomic E-state index is 12.4. The number of carbonyl (C=O) groups excluding carboxylic acids is 1. The van der Waals surface area contributed by atoms with E-state index in [2.05, 4.69) is 38.4 Å². The van der Waals surface area contributed by atoms with Crippen molar-refractivity contribution < 1.29 is 4.79 Å². The van der Waals surface area contributed by atoms with Crippen molar-refractivity contribution in [1.29, 1.82) is 0 Å². The van der Waals surface area contributed by atoms with E-state index < -0.39 is 0 Å². The number of nitrogens with zero attached hydrogens (tertiary/aromatic N) is 1. The topological polar surface area (TPSA) is 44.4 Å². The molecule has 1 unspecified atom stereocenters. The molecule has 1 aromatic carbocycles. The number of amides is 1. The number of nitrogens with one attached hydrogen (secondary N) is 2. The van der Waals surface area contributed by atoms with E-state index in [0.717, 1.165) is 48.9 Å². The summed E-state index contributed by atoms with van der Waals surface area (Å²) < 4.78 is 1.06. The molecule has 1 amide bonds. The number of halogens is 1. The summed E-state index contributed by atoms with van der Waals surface area (Å²) in [6, 6.07) is 8.68. The van der Waals surface area contributed by atoms with Crippen LogP contribution in [0.1, 0.15) is 44.7 Å². The van der Waals surface area contributed by atoms with Gasteiger partial charge in [-0.25, -0.2) is 0 Å². The van der Waals surface area contributed by atoms with Gasteiger partial charge in [-0.3, -0.25) is 9.69 Å². The Kier molecular flexibility index (Phi) is 7.53. The molecule has 1 saturated heterocycles. The molecule has 1 heterocycles. The Hall–Kier alpha value is -0.910. The molecule has 0 spiro atoms. The Morgan fingerprint density at radius 3 is 2.61 bits per heavy atom. The van der Waals surface area contributed by atoms with E-state index in [1.54, 1.807) is 0 Å². The Balaban J connectivity index is 1.88. The van der Waals surface area contributed by atoms with Gasteiger partial charge in [-0.2, -0.15) is 0 Å². The number of benzene rings is 1. The van der Waals surface area contributed by atoms with Crippen LogP contribution in [0, 0.1) is 0 Å². The minimum Gasteiger partial charge on any atom is -0.348 e. The van der Waals surface area contributed by atoms with Gasteiger partial charge in [0.15, 0.2) is 0 Å². The first kappa shape index (κ1) is 18.4. The zero-order valence-electron chi connectivity index (χ0n) is 14.1. The summed E-state index contributed by atoms with van der Waals surface area (Å²) in [6.45, 7) is 7.82. The number of hydrogen-bond acceptors (Lipinski definition) is 3. The average molecular weight is 382 g/mol. The summed E-state index contributed by atoms with van der Waals surface area (Å²) >= 11 is 3.44. The lowest BCUT2D eigenvalue weighted by Gasteiger charge is -2.34. The zero-order chi connectivity index (χ0) is 16.7. The molecule has 4 nitrogen and oxygen atoms in total. The molecule has 128 valence electrons. The fraction of sp³-hybridized carbons (Fsp3) is 0.611. The predicted octanol–water partition coefficient (Wildman–Crippen LogP) is 3.09. The Morgan fingerprint density at radius 1 is 1.35 bits per heavy atom. The molecule has 5 heteroatoms. The molecule has 1 aliphatic rings. The van der Waals surface area contributed by atoms with Crippen molar-refractivity contribution >= 4 is 21.8 Å². The van der Waals surface area contributed by atoms with Crippen molar-refractivity contribution in [2.75, 3.05) is 26.2 Å². The maximum atomic E-state index is 12.4. The monoisotopic (exact) mass is 381 g/mol. The Morgan fingerprint density at radius 2 is 2.00 bits per heavy atom. The summed E-state index contributed by atoms with van der Waals surface area (Å²) in [5, 5.41) is 6.52. The van der Waals surface area contributed by atoms with Gasteiger partial charge >= 0.3 is 0 Å². The summed E-state index contributed by atoms with van der Waals surface area (Å²) in [5.41, 5.74) is 1.13. The fourth-order valence-electron chi connectivity index (χ4n) is 3.16. The van der Waals surface area contributed by atoms with Gasteiger partial charge in [0, 0.05) is 10.5 Å². The van der Waals surface area contributed by atoms with Gasteiger partial charge in [0.2, 0.25) is 5.91 Å². The molecule has 2 N–H and O–H groups in total. The van der Waals surface area contributed by atoms with Gasteiger partial charge in [0.25, 0.3) is 0 Å². The van der Waals surface area contributed by atoms with E-state index in [4.69, 9.17) is 0 Å². The summed E-state index contributed by atoms with van der Waals surface area (Å²) in [6.07, 6.45) is 3.35. The van der Waals surface area contributed by atoms with Crippen LogP contribution >= 0.6 is 15.9 Å². The molecule has 0 aliphatic carbocycles. The first-order valence-corrected chi connectivity index (χ1v) is 9.39. The van der Waals surface area contributed by atoms with Gasteiger partial charge < -0.3 is 10.6 Å². The molecular weight excluding hydrogens is 354 g/mol. The predicted molar refractivity (Wildman–Crippen MR) is 98.5 cm³/mol. The first-order chi connectivity index (χ1) is 11.1. The van der Waals surface area contributed by atoms with E-state index in [1.807, 2.05) is 31.2 Å². The van der Waals surface area contributed by atoms with Crippen LogP contribution in [0.4, 0.5) is 0 Å². The van der Waals surface area contributed by atoms with E-state index in [9.17, 15) is 4.79 Å². The lowest BCUT2D eigenvalue weighted by molar-refractivity contribution is -0.123. The molecule has 0 saturated carbocycles. The highest BCUT2D eigenvalue weighted by molar-refractivity contribution is 9.10. The quantitative estimate of drug-likeness (QED) is 0.762. The second-order valence-corrected chi connectivity index (χ2v) is 7.21. The van der Waals surface area contributed by atoms with Gasteiger partial charge in [-0.15, -0.1) is 0 Å².